The third-order valence-electron chi connectivity index (χ3n) is 4.83. The highest BCUT2D eigenvalue weighted by Gasteiger charge is 2.39. The summed E-state index contributed by atoms with van der Waals surface area (Å²) >= 11 is 0. The molecule has 2 fully saturated rings. The van der Waals surface area contributed by atoms with Crippen molar-refractivity contribution in [2.24, 2.45) is 0 Å². The van der Waals surface area contributed by atoms with E-state index in [9.17, 15) is 4.79 Å². The first kappa shape index (κ1) is 14.0. The maximum atomic E-state index is 11.7. The van der Waals surface area contributed by atoms with Crippen LogP contribution in [0.3, 0.4) is 0 Å². The van der Waals surface area contributed by atoms with Crippen LogP contribution in [-0.4, -0.2) is 28.8 Å². The highest BCUT2D eigenvalue weighted by Crippen LogP contribution is 2.34. The van der Waals surface area contributed by atoms with Gasteiger partial charge in [-0.05, 0) is 26.2 Å². The molecule has 18 heavy (non-hydrogen) atoms. The second-order valence-electron chi connectivity index (χ2n) is 6.33. The number of carbonyl (C=O) groups is 1. The van der Waals surface area contributed by atoms with Crippen molar-refractivity contribution in [3.63, 3.8) is 0 Å². The molecule has 0 radical (unpaired) electrons. The molecular weight excluding hydrogens is 222 g/mol. The first-order valence-corrected chi connectivity index (χ1v) is 8.01. The van der Waals surface area contributed by atoms with Gasteiger partial charge < -0.3 is 0 Å². The third-order valence-corrected chi connectivity index (χ3v) is 4.83. The Hall–Kier alpha value is -0.370. The van der Waals surface area contributed by atoms with Gasteiger partial charge >= 0.3 is 0 Å². The smallest absolute Gasteiger partial charge is 0.136 e. The standard InChI is InChI=1S/C16H29NO/c1-3-4-5-6-8-13(2)17-14-9-7-10-15(17)12-16(18)11-14/h13-15H,3-12H2,1-2H3. The van der Waals surface area contributed by atoms with Crippen molar-refractivity contribution in [3.8, 4) is 0 Å². The van der Waals surface area contributed by atoms with E-state index in [2.05, 4.69) is 18.7 Å². The molecule has 0 saturated carbocycles. The molecule has 3 unspecified atom stereocenters. The molecule has 0 spiro atoms. The number of rotatable bonds is 6. The van der Waals surface area contributed by atoms with Gasteiger partial charge in [-0.1, -0.05) is 39.0 Å². The number of piperidine rings is 2. The van der Waals surface area contributed by atoms with Crippen molar-refractivity contribution in [3.05, 3.63) is 0 Å². The van der Waals surface area contributed by atoms with E-state index in [1.54, 1.807) is 0 Å². The Balaban J connectivity index is 1.84. The molecular formula is C16H29NO. The quantitative estimate of drug-likeness (QED) is 0.667. The van der Waals surface area contributed by atoms with Crippen molar-refractivity contribution >= 4 is 5.78 Å². The van der Waals surface area contributed by atoms with E-state index < -0.39 is 0 Å². The van der Waals surface area contributed by atoms with Crippen LogP contribution in [0.5, 0.6) is 0 Å². The Kier molecular flexibility index (Phi) is 5.23. The van der Waals surface area contributed by atoms with Gasteiger partial charge in [0.05, 0.1) is 0 Å². The van der Waals surface area contributed by atoms with Crippen LogP contribution in [0.25, 0.3) is 0 Å². The van der Waals surface area contributed by atoms with Gasteiger partial charge in [0.2, 0.25) is 0 Å². The number of carbonyl (C=O) groups excluding carboxylic acids is 1. The third kappa shape index (κ3) is 3.34. The van der Waals surface area contributed by atoms with Gasteiger partial charge in [0.1, 0.15) is 5.78 Å². The molecule has 0 N–H and O–H groups in total. The van der Waals surface area contributed by atoms with Gasteiger partial charge in [-0.2, -0.15) is 0 Å². The van der Waals surface area contributed by atoms with E-state index in [1.807, 2.05) is 0 Å². The Morgan fingerprint density at radius 2 is 1.83 bits per heavy atom. The summed E-state index contributed by atoms with van der Waals surface area (Å²) in [6.07, 6.45) is 12.2. The minimum atomic E-state index is 0.513. The van der Waals surface area contributed by atoms with E-state index in [0.29, 0.717) is 23.9 Å². The van der Waals surface area contributed by atoms with E-state index >= 15 is 0 Å². The Labute approximate surface area is 112 Å². The predicted molar refractivity (Wildman–Crippen MR) is 75.7 cm³/mol. The first-order chi connectivity index (χ1) is 8.72. The van der Waals surface area contributed by atoms with E-state index in [1.165, 1.54) is 51.4 Å². The molecule has 2 nitrogen and oxygen atoms in total. The normalized spacial score (nSPS) is 30.4. The van der Waals surface area contributed by atoms with E-state index in [4.69, 9.17) is 0 Å². The van der Waals surface area contributed by atoms with Gasteiger partial charge in [0, 0.05) is 31.0 Å². The second kappa shape index (κ2) is 6.70. The van der Waals surface area contributed by atoms with Crippen LogP contribution < -0.4 is 0 Å². The number of unbranched alkanes of at least 4 members (excludes halogenated alkanes) is 3. The monoisotopic (exact) mass is 251 g/mol. The number of hydrogen-bond donors (Lipinski definition) is 0. The topological polar surface area (TPSA) is 20.3 Å². The SMILES string of the molecule is CCCCCCC(C)N1C2CCCC1CC(=O)C2. The number of nitrogens with zero attached hydrogens (tertiary/aromatic N) is 1. The van der Waals surface area contributed by atoms with E-state index in [-0.39, 0.29) is 0 Å². The summed E-state index contributed by atoms with van der Waals surface area (Å²) in [4.78, 5) is 14.4. The predicted octanol–water partition coefficient (Wildman–Crippen LogP) is 3.93. The maximum absolute atomic E-state index is 11.7. The van der Waals surface area contributed by atoms with Crippen LogP contribution in [-0.2, 0) is 4.79 Å². The lowest BCUT2D eigenvalue weighted by Crippen LogP contribution is -2.55. The van der Waals surface area contributed by atoms with Crippen LogP contribution in [0.2, 0.25) is 0 Å². The summed E-state index contributed by atoms with van der Waals surface area (Å²) in [5, 5.41) is 0. The molecule has 0 aliphatic carbocycles. The molecule has 2 rings (SSSR count). The molecule has 2 aliphatic heterocycles. The number of hydrogen-bond acceptors (Lipinski definition) is 2. The maximum Gasteiger partial charge on any atom is 0.136 e. The fourth-order valence-corrected chi connectivity index (χ4v) is 3.94. The Morgan fingerprint density at radius 1 is 1.17 bits per heavy atom. The number of Topliss-reactive ketones (excluding diaryl/α,β-unsaturated/α-hetero) is 1. The Morgan fingerprint density at radius 3 is 2.44 bits per heavy atom. The summed E-state index contributed by atoms with van der Waals surface area (Å²) in [6, 6.07) is 1.84. The summed E-state index contributed by atoms with van der Waals surface area (Å²) < 4.78 is 0. The summed E-state index contributed by atoms with van der Waals surface area (Å²) in [7, 11) is 0. The van der Waals surface area contributed by atoms with Crippen LogP contribution in [0, 0.1) is 0 Å². The van der Waals surface area contributed by atoms with Crippen LogP contribution in [0.15, 0.2) is 0 Å². The fraction of sp³-hybridized carbons (Fsp3) is 0.938. The average molecular weight is 251 g/mol. The fourth-order valence-electron chi connectivity index (χ4n) is 3.94. The van der Waals surface area contributed by atoms with Crippen LogP contribution in [0.4, 0.5) is 0 Å². The Bertz CT molecular complexity index is 260. The lowest BCUT2D eigenvalue weighted by molar-refractivity contribution is -0.128. The average Bonchev–Trinajstić information content (AvgIpc) is 2.33. The van der Waals surface area contributed by atoms with Crippen molar-refractivity contribution in [2.75, 3.05) is 0 Å². The molecule has 3 atom stereocenters. The molecule has 0 aromatic carbocycles. The lowest BCUT2D eigenvalue weighted by Gasteiger charge is -2.48. The summed E-state index contributed by atoms with van der Waals surface area (Å²) in [5.41, 5.74) is 0. The zero-order valence-electron chi connectivity index (χ0n) is 12.2. The summed E-state index contributed by atoms with van der Waals surface area (Å²) in [5.74, 6) is 0.513. The zero-order chi connectivity index (χ0) is 13.0. The van der Waals surface area contributed by atoms with Gasteiger partial charge in [-0.3, -0.25) is 9.69 Å². The molecule has 0 aromatic rings. The van der Waals surface area contributed by atoms with Gasteiger partial charge in [-0.15, -0.1) is 0 Å². The van der Waals surface area contributed by atoms with Crippen molar-refractivity contribution in [1.29, 1.82) is 0 Å². The van der Waals surface area contributed by atoms with Gasteiger partial charge in [-0.25, -0.2) is 0 Å². The van der Waals surface area contributed by atoms with Crippen LogP contribution >= 0.6 is 0 Å². The minimum absolute atomic E-state index is 0.513. The first-order valence-electron chi connectivity index (χ1n) is 8.01. The second-order valence-corrected chi connectivity index (χ2v) is 6.33. The van der Waals surface area contributed by atoms with Crippen molar-refractivity contribution in [2.45, 2.75) is 96.2 Å². The van der Waals surface area contributed by atoms with Gasteiger partial charge in [0.15, 0.2) is 0 Å². The molecule has 2 heterocycles. The number of ketones is 1. The minimum Gasteiger partial charge on any atom is -0.300 e. The number of fused-ring (bicyclic) bond motifs is 2. The lowest BCUT2D eigenvalue weighted by atomic mass is 9.82. The molecule has 0 amide bonds. The zero-order valence-corrected chi connectivity index (χ0v) is 12.2. The van der Waals surface area contributed by atoms with E-state index in [0.717, 1.165) is 12.8 Å². The van der Waals surface area contributed by atoms with Crippen molar-refractivity contribution in [1.82, 2.24) is 4.90 Å². The highest BCUT2D eigenvalue weighted by atomic mass is 16.1. The molecule has 2 heteroatoms. The molecule has 2 saturated heterocycles. The molecule has 0 aromatic heterocycles. The van der Waals surface area contributed by atoms with Crippen molar-refractivity contribution < 1.29 is 4.79 Å². The largest absolute Gasteiger partial charge is 0.300 e. The molecule has 104 valence electrons. The van der Waals surface area contributed by atoms with Crippen LogP contribution in [0.1, 0.15) is 78.1 Å². The highest BCUT2D eigenvalue weighted by molar-refractivity contribution is 5.80. The molecule has 2 bridgehead atoms. The molecule has 2 aliphatic rings. The summed E-state index contributed by atoms with van der Waals surface area (Å²) in [6.45, 7) is 4.65. The van der Waals surface area contributed by atoms with Gasteiger partial charge in [0.25, 0.3) is 0 Å².